The zero-order valence-corrected chi connectivity index (χ0v) is 12.0. The lowest BCUT2D eigenvalue weighted by molar-refractivity contribution is 0.0524. The molecule has 0 aliphatic carbocycles. The molecule has 0 N–H and O–H groups in total. The molecule has 1 rings (SSSR count). The van der Waals surface area contributed by atoms with Crippen LogP contribution in [0.25, 0.3) is 0 Å². The maximum atomic E-state index is 11.7. The van der Waals surface area contributed by atoms with Crippen molar-refractivity contribution in [3.63, 3.8) is 0 Å². The highest BCUT2D eigenvalue weighted by Crippen LogP contribution is 2.13. The molecule has 100 valence electrons. The highest BCUT2D eigenvalue weighted by molar-refractivity contribution is 7.98. The summed E-state index contributed by atoms with van der Waals surface area (Å²) in [5.74, 6) is 2.36. The third-order valence-electron chi connectivity index (χ3n) is 2.33. The van der Waals surface area contributed by atoms with Gasteiger partial charge in [0.05, 0.1) is 23.6 Å². The third-order valence-corrected chi connectivity index (χ3v) is 3.49. The number of carbonyl (C=O) groups excluding carboxylic acids is 1. The van der Waals surface area contributed by atoms with Crippen molar-refractivity contribution in [2.75, 3.05) is 12.4 Å². The summed E-state index contributed by atoms with van der Waals surface area (Å²) in [6, 6.07) is 0. The molecule has 0 fully saturated rings. The minimum absolute atomic E-state index is 0.331. The van der Waals surface area contributed by atoms with Crippen molar-refractivity contribution in [3.8, 4) is 0 Å². The topological polar surface area (TPSA) is 52.1 Å². The second-order valence-electron chi connectivity index (χ2n) is 3.77. The fourth-order valence-corrected chi connectivity index (χ4v) is 2.24. The van der Waals surface area contributed by atoms with E-state index in [0.29, 0.717) is 18.6 Å². The Balaban J connectivity index is 2.79. The number of rotatable bonds is 7. The Kier molecular flexibility index (Phi) is 6.72. The summed E-state index contributed by atoms with van der Waals surface area (Å²) in [6.45, 7) is 6.29. The number of esters is 1. The van der Waals surface area contributed by atoms with Crippen LogP contribution < -0.4 is 0 Å². The average Bonchev–Trinajstić information content (AvgIpc) is 2.39. The van der Waals surface area contributed by atoms with Crippen molar-refractivity contribution >= 4 is 17.7 Å². The Hall–Kier alpha value is -1.10. The summed E-state index contributed by atoms with van der Waals surface area (Å²) >= 11 is 1.81. The van der Waals surface area contributed by atoms with Gasteiger partial charge in [0, 0.05) is 6.20 Å². The smallest absolute Gasteiger partial charge is 0.341 e. The molecule has 1 heterocycles. The quantitative estimate of drug-likeness (QED) is 0.562. The number of aryl methyl sites for hydroxylation is 1. The highest BCUT2D eigenvalue weighted by atomic mass is 32.2. The molecule has 0 aliphatic rings. The van der Waals surface area contributed by atoms with Crippen LogP contribution in [-0.4, -0.2) is 28.3 Å². The van der Waals surface area contributed by atoms with E-state index in [9.17, 15) is 4.79 Å². The van der Waals surface area contributed by atoms with Gasteiger partial charge in [-0.2, -0.15) is 11.8 Å². The first-order valence-electron chi connectivity index (χ1n) is 6.32. The molecule has 0 aromatic carbocycles. The minimum atomic E-state index is -0.331. The van der Waals surface area contributed by atoms with Crippen LogP contribution in [0.5, 0.6) is 0 Å². The van der Waals surface area contributed by atoms with Gasteiger partial charge in [0.2, 0.25) is 0 Å². The summed E-state index contributed by atoms with van der Waals surface area (Å²) in [7, 11) is 0. The molecule has 1 aromatic rings. The first kappa shape index (κ1) is 15.0. The Morgan fingerprint density at radius 3 is 2.78 bits per heavy atom. The number of thioether (sulfide) groups is 1. The van der Waals surface area contributed by atoms with E-state index in [-0.39, 0.29) is 5.97 Å². The van der Waals surface area contributed by atoms with Crippen LogP contribution in [-0.2, 0) is 16.9 Å². The van der Waals surface area contributed by atoms with Gasteiger partial charge in [0.1, 0.15) is 5.82 Å². The van der Waals surface area contributed by atoms with Crippen LogP contribution in [0.4, 0.5) is 0 Å². The Morgan fingerprint density at radius 1 is 1.39 bits per heavy atom. The van der Waals surface area contributed by atoms with Gasteiger partial charge in [-0.1, -0.05) is 13.8 Å². The predicted octanol–water partition coefficient (Wildman–Crippen LogP) is 2.86. The van der Waals surface area contributed by atoms with E-state index in [4.69, 9.17) is 4.74 Å². The molecular formula is C13H20N2O2S. The molecule has 4 nitrogen and oxygen atoms in total. The molecular weight excluding hydrogens is 248 g/mol. The van der Waals surface area contributed by atoms with Crippen molar-refractivity contribution < 1.29 is 9.53 Å². The van der Waals surface area contributed by atoms with Crippen LogP contribution in [0.3, 0.4) is 0 Å². The van der Waals surface area contributed by atoms with E-state index in [1.807, 2.05) is 18.7 Å². The van der Waals surface area contributed by atoms with Gasteiger partial charge in [-0.3, -0.25) is 0 Å². The van der Waals surface area contributed by atoms with E-state index in [1.165, 1.54) is 0 Å². The molecule has 0 bridgehead atoms. The lowest BCUT2D eigenvalue weighted by atomic mass is 10.2. The van der Waals surface area contributed by atoms with Crippen molar-refractivity contribution in [1.82, 2.24) is 9.97 Å². The fraction of sp³-hybridized carbons (Fsp3) is 0.615. The van der Waals surface area contributed by atoms with Crippen molar-refractivity contribution in [3.05, 3.63) is 23.3 Å². The number of carbonyl (C=O) groups is 1. The molecule has 0 amide bonds. The number of ether oxygens (including phenoxy) is 1. The molecule has 0 unspecified atom stereocenters. The van der Waals surface area contributed by atoms with Gasteiger partial charge in [0.15, 0.2) is 0 Å². The van der Waals surface area contributed by atoms with Crippen molar-refractivity contribution in [2.45, 2.75) is 39.4 Å². The van der Waals surface area contributed by atoms with Crippen LogP contribution >= 0.6 is 11.8 Å². The molecule has 18 heavy (non-hydrogen) atoms. The molecule has 0 aliphatic heterocycles. The van der Waals surface area contributed by atoms with Crippen molar-refractivity contribution in [2.24, 2.45) is 0 Å². The third kappa shape index (κ3) is 4.29. The van der Waals surface area contributed by atoms with E-state index >= 15 is 0 Å². The number of hydrogen-bond acceptors (Lipinski definition) is 5. The SMILES string of the molecule is CCCSCc1ncc(C(=O)OCC)c(CC)n1. The summed E-state index contributed by atoms with van der Waals surface area (Å²) in [4.78, 5) is 20.4. The van der Waals surface area contributed by atoms with E-state index in [2.05, 4.69) is 16.9 Å². The molecule has 0 saturated heterocycles. The van der Waals surface area contributed by atoms with Gasteiger partial charge in [0.25, 0.3) is 0 Å². The fourth-order valence-electron chi connectivity index (χ4n) is 1.48. The largest absolute Gasteiger partial charge is 0.462 e. The number of nitrogens with zero attached hydrogens (tertiary/aromatic N) is 2. The van der Waals surface area contributed by atoms with E-state index in [1.54, 1.807) is 13.1 Å². The summed E-state index contributed by atoms with van der Waals surface area (Å²) < 4.78 is 4.98. The molecule has 5 heteroatoms. The Labute approximate surface area is 113 Å². The summed E-state index contributed by atoms with van der Waals surface area (Å²) in [5.41, 5.74) is 1.26. The summed E-state index contributed by atoms with van der Waals surface area (Å²) in [5, 5.41) is 0. The van der Waals surface area contributed by atoms with Crippen LogP contribution in [0.15, 0.2) is 6.20 Å². The first-order chi connectivity index (χ1) is 8.72. The first-order valence-corrected chi connectivity index (χ1v) is 7.48. The van der Waals surface area contributed by atoms with Gasteiger partial charge < -0.3 is 4.74 Å². The molecule has 0 atom stereocenters. The second-order valence-corrected chi connectivity index (χ2v) is 4.88. The average molecular weight is 268 g/mol. The zero-order valence-electron chi connectivity index (χ0n) is 11.2. The molecule has 0 radical (unpaired) electrons. The second kappa shape index (κ2) is 8.08. The van der Waals surface area contributed by atoms with Gasteiger partial charge in [-0.15, -0.1) is 0 Å². The van der Waals surface area contributed by atoms with Crippen LogP contribution in [0, 0.1) is 0 Å². The van der Waals surface area contributed by atoms with Crippen molar-refractivity contribution in [1.29, 1.82) is 0 Å². The van der Waals surface area contributed by atoms with Gasteiger partial charge in [-0.25, -0.2) is 14.8 Å². The van der Waals surface area contributed by atoms with E-state index < -0.39 is 0 Å². The maximum Gasteiger partial charge on any atom is 0.341 e. The predicted molar refractivity (Wildman–Crippen MR) is 73.8 cm³/mol. The lowest BCUT2D eigenvalue weighted by Crippen LogP contribution is -2.11. The standard InChI is InChI=1S/C13H20N2O2S/c1-4-7-18-9-12-14-8-10(11(5-2)15-12)13(16)17-6-3/h8H,4-7,9H2,1-3H3. The number of hydrogen-bond donors (Lipinski definition) is 0. The van der Waals surface area contributed by atoms with Gasteiger partial charge >= 0.3 is 5.97 Å². The minimum Gasteiger partial charge on any atom is -0.462 e. The lowest BCUT2D eigenvalue weighted by Gasteiger charge is -2.07. The van der Waals surface area contributed by atoms with Gasteiger partial charge in [-0.05, 0) is 25.5 Å². The Bertz CT molecular complexity index is 397. The molecule has 0 spiro atoms. The van der Waals surface area contributed by atoms with Crippen LogP contribution in [0.1, 0.15) is 49.1 Å². The highest BCUT2D eigenvalue weighted by Gasteiger charge is 2.14. The molecule has 1 aromatic heterocycles. The summed E-state index contributed by atoms with van der Waals surface area (Å²) in [6.07, 6.45) is 3.44. The normalized spacial score (nSPS) is 10.4. The number of aromatic nitrogens is 2. The Morgan fingerprint density at radius 2 is 2.17 bits per heavy atom. The maximum absolute atomic E-state index is 11.7. The molecule has 0 saturated carbocycles. The van der Waals surface area contributed by atoms with Crippen LogP contribution in [0.2, 0.25) is 0 Å². The monoisotopic (exact) mass is 268 g/mol. The zero-order chi connectivity index (χ0) is 13.4. The van der Waals surface area contributed by atoms with E-state index in [0.717, 1.165) is 29.4 Å².